The van der Waals surface area contributed by atoms with E-state index in [0.717, 1.165) is 40.0 Å². The highest BCUT2D eigenvalue weighted by molar-refractivity contribution is 9.11. The van der Waals surface area contributed by atoms with Gasteiger partial charge in [0, 0.05) is 6.54 Å². The molecular weight excluding hydrogens is 378 g/mol. The molecule has 0 unspecified atom stereocenters. The number of benzene rings is 1. The Morgan fingerprint density at radius 1 is 1.28 bits per heavy atom. The van der Waals surface area contributed by atoms with E-state index < -0.39 is 0 Å². The molecule has 1 N–H and O–H groups in total. The maximum atomic E-state index is 5.82. The highest BCUT2D eigenvalue weighted by Crippen LogP contribution is 2.34. The van der Waals surface area contributed by atoms with Gasteiger partial charge in [-0.05, 0) is 74.5 Å². The molecule has 0 aromatic heterocycles. The fourth-order valence-corrected chi connectivity index (χ4v) is 3.66. The summed E-state index contributed by atoms with van der Waals surface area (Å²) in [6, 6.07) is 4.19. The standard InChI is InChI=1S/C13H19Br2NOS/c1-3-18-6-4-5-17-13-11(14)7-10(9-16-2)8-12(13)15/h7-8,16H,3-6,9H2,1-2H3. The van der Waals surface area contributed by atoms with Crippen LogP contribution in [0.3, 0.4) is 0 Å². The van der Waals surface area contributed by atoms with E-state index in [2.05, 4.69) is 56.2 Å². The Labute approximate surface area is 131 Å². The summed E-state index contributed by atoms with van der Waals surface area (Å²) >= 11 is 9.07. The summed E-state index contributed by atoms with van der Waals surface area (Å²) in [5.74, 6) is 3.23. The second-order valence-electron chi connectivity index (χ2n) is 3.82. The van der Waals surface area contributed by atoms with Crippen LogP contribution >= 0.6 is 43.6 Å². The normalized spacial score (nSPS) is 10.7. The molecule has 1 rings (SSSR count). The van der Waals surface area contributed by atoms with Gasteiger partial charge < -0.3 is 10.1 Å². The smallest absolute Gasteiger partial charge is 0.147 e. The highest BCUT2D eigenvalue weighted by Gasteiger charge is 2.08. The minimum absolute atomic E-state index is 0.759. The summed E-state index contributed by atoms with van der Waals surface area (Å²) in [6.45, 7) is 3.79. The van der Waals surface area contributed by atoms with Crippen LogP contribution in [-0.2, 0) is 6.54 Å². The molecule has 0 radical (unpaired) electrons. The van der Waals surface area contributed by atoms with Crippen LogP contribution in [0, 0.1) is 0 Å². The number of thioether (sulfide) groups is 1. The lowest BCUT2D eigenvalue weighted by Gasteiger charge is -2.12. The Morgan fingerprint density at radius 3 is 2.50 bits per heavy atom. The molecule has 18 heavy (non-hydrogen) atoms. The van der Waals surface area contributed by atoms with Crippen LogP contribution in [0.2, 0.25) is 0 Å². The predicted molar refractivity (Wildman–Crippen MR) is 87.7 cm³/mol. The van der Waals surface area contributed by atoms with Crippen molar-refractivity contribution in [3.63, 3.8) is 0 Å². The van der Waals surface area contributed by atoms with Crippen LogP contribution in [0.4, 0.5) is 0 Å². The van der Waals surface area contributed by atoms with Gasteiger partial charge in [-0.2, -0.15) is 11.8 Å². The molecule has 0 bridgehead atoms. The topological polar surface area (TPSA) is 21.3 Å². The predicted octanol–water partition coefficient (Wildman–Crippen LogP) is 4.45. The average molecular weight is 397 g/mol. The molecule has 0 spiro atoms. The summed E-state index contributed by atoms with van der Waals surface area (Å²) < 4.78 is 7.83. The summed E-state index contributed by atoms with van der Waals surface area (Å²) in [6.07, 6.45) is 1.08. The largest absolute Gasteiger partial charge is 0.491 e. The Balaban J connectivity index is 2.54. The first-order valence-corrected chi connectivity index (χ1v) is 8.76. The summed E-state index contributed by atoms with van der Waals surface area (Å²) in [5.41, 5.74) is 1.23. The molecule has 0 fully saturated rings. The Bertz CT molecular complexity index is 351. The van der Waals surface area contributed by atoms with Gasteiger partial charge in [0.25, 0.3) is 0 Å². The lowest BCUT2D eigenvalue weighted by atomic mass is 10.2. The van der Waals surface area contributed by atoms with Gasteiger partial charge in [-0.3, -0.25) is 0 Å². The van der Waals surface area contributed by atoms with E-state index in [4.69, 9.17) is 4.74 Å². The third-order valence-electron chi connectivity index (χ3n) is 2.32. The van der Waals surface area contributed by atoms with E-state index in [1.54, 1.807) is 0 Å². The number of hydrogen-bond acceptors (Lipinski definition) is 3. The van der Waals surface area contributed by atoms with Crippen LogP contribution in [-0.4, -0.2) is 25.2 Å². The molecule has 0 aliphatic carbocycles. The molecule has 0 saturated heterocycles. The fraction of sp³-hybridized carbons (Fsp3) is 0.538. The number of halogens is 2. The first-order chi connectivity index (χ1) is 8.69. The molecule has 5 heteroatoms. The van der Waals surface area contributed by atoms with E-state index in [-0.39, 0.29) is 0 Å². The van der Waals surface area contributed by atoms with E-state index >= 15 is 0 Å². The van der Waals surface area contributed by atoms with Crippen molar-refractivity contribution in [2.75, 3.05) is 25.2 Å². The van der Waals surface area contributed by atoms with Gasteiger partial charge in [0.15, 0.2) is 0 Å². The Kier molecular flexibility index (Phi) is 8.39. The minimum Gasteiger partial charge on any atom is -0.491 e. The van der Waals surface area contributed by atoms with Gasteiger partial charge in [0.05, 0.1) is 15.6 Å². The molecule has 0 heterocycles. The summed E-state index contributed by atoms with van der Waals surface area (Å²) in [7, 11) is 1.94. The second-order valence-corrected chi connectivity index (χ2v) is 6.92. The number of rotatable bonds is 8. The van der Waals surface area contributed by atoms with Gasteiger partial charge in [-0.1, -0.05) is 6.92 Å². The molecule has 0 saturated carbocycles. The number of hydrogen-bond donors (Lipinski definition) is 1. The van der Waals surface area contributed by atoms with Crippen molar-refractivity contribution < 1.29 is 4.74 Å². The number of nitrogens with one attached hydrogen (secondary N) is 1. The van der Waals surface area contributed by atoms with E-state index in [0.29, 0.717) is 0 Å². The quantitative estimate of drug-likeness (QED) is 0.655. The number of ether oxygens (including phenoxy) is 1. The van der Waals surface area contributed by atoms with Gasteiger partial charge >= 0.3 is 0 Å². The second kappa shape index (κ2) is 9.23. The van der Waals surface area contributed by atoms with Gasteiger partial charge in [0.1, 0.15) is 5.75 Å². The fourth-order valence-electron chi connectivity index (χ4n) is 1.54. The van der Waals surface area contributed by atoms with E-state index in [1.165, 1.54) is 11.3 Å². The lowest BCUT2D eigenvalue weighted by molar-refractivity contribution is 0.314. The SMILES string of the molecule is CCSCCCOc1c(Br)cc(CNC)cc1Br. The van der Waals surface area contributed by atoms with Crippen molar-refractivity contribution in [3.8, 4) is 5.75 Å². The third-order valence-corrected chi connectivity index (χ3v) is 4.49. The van der Waals surface area contributed by atoms with Crippen LogP contribution in [0.1, 0.15) is 18.9 Å². The first-order valence-electron chi connectivity index (χ1n) is 6.02. The van der Waals surface area contributed by atoms with E-state index in [9.17, 15) is 0 Å². The molecule has 0 aliphatic heterocycles. The average Bonchev–Trinajstić information content (AvgIpc) is 2.32. The van der Waals surface area contributed by atoms with Crippen molar-refractivity contribution in [2.45, 2.75) is 19.9 Å². The van der Waals surface area contributed by atoms with E-state index in [1.807, 2.05) is 18.8 Å². The highest BCUT2D eigenvalue weighted by atomic mass is 79.9. The Morgan fingerprint density at radius 2 is 1.94 bits per heavy atom. The Hall–Kier alpha value is 0.290. The monoisotopic (exact) mass is 395 g/mol. The zero-order valence-corrected chi connectivity index (χ0v) is 14.8. The van der Waals surface area contributed by atoms with Crippen molar-refractivity contribution >= 4 is 43.6 Å². The molecule has 0 aliphatic rings. The van der Waals surface area contributed by atoms with Crippen LogP contribution < -0.4 is 10.1 Å². The molecule has 0 amide bonds. The maximum Gasteiger partial charge on any atom is 0.147 e. The zero-order chi connectivity index (χ0) is 13.4. The summed E-state index contributed by atoms with van der Waals surface area (Å²) in [4.78, 5) is 0. The summed E-state index contributed by atoms with van der Waals surface area (Å²) in [5, 5.41) is 3.14. The zero-order valence-electron chi connectivity index (χ0n) is 10.8. The molecule has 1 aromatic rings. The van der Waals surface area contributed by atoms with Crippen LogP contribution in [0.25, 0.3) is 0 Å². The third kappa shape index (κ3) is 5.51. The van der Waals surface area contributed by atoms with Gasteiger partial charge in [-0.15, -0.1) is 0 Å². The first kappa shape index (κ1) is 16.3. The molecule has 102 valence electrons. The van der Waals surface area contributed by atoms with Crippen LogP contribution in [0.5, 0.6) is 5.75 Å². The van der Waals surface area contributed by atoms with Gasteiger partial charge in [0.2, 0.25) is 0 Å². The molecule has 0 atom stereocenters. The minimum atomic E-state index is 0.759. The van der Waals surface area contributed by atoms with Crippen molar-refractivity contribution in [1.29, 1.82) is 0 Å². The van der Waals surface area contributed by atoms with Crippen molar-refractivity contribution in [1.82, 2.24) is 5.32 Å². The maximum absolute atomic E-state index is 5.82. The van der Waals surface area contributed by atoms with Crippen LogP contribution in [0.15, 0.2) is 21.1 Å². The van der Waals surface area contributed by atoms with Gasteiger partial charge in [-0.25, -0.2) is 0 Å². The van der Waals surface area contributed by atoms with Crippen molar-refractivity contribution in [3.05, 3.63) is 26.6 Å². The molecular formula is C13H19Br2NOS. The van der Waals surface area contributed by atoms with Crippen molar-refractivity contribution in [2.24, 2.45) is 0 Å². The molecule has 1 aromatic carbocycles. The molecule has 2 nitrogen and oxygen atoms in total. The lowest BCUT2D eigenvalue weighted by Crippen LogP contribution is -2.06.